The molecular formula is C12H25NO2. The molecule has 0 aliphatic heterocycles. The minimum atomic E-state index is -0.0760. The maximum Gasteiger partial charge on any atom is 0.0610 e. The van der Waals surface area contributed by atoms with Gasteiger partial charge in [0.2, 0.25) is 0 Å². The summed E-state index contributed by atoms with van der Waals surface area (Å²) in [5.74, 6) is 0. The Morgan fingerprint density at radius 2 is 2.13 bits per heavy atom. The van der Waals surface area contributed by atoms with Crippen molar-refractivity contribution in [3.8, 4) is 0 Å². The van der Waals surface area contributed by atoms with Crippen molar-refractivity contribution >= 4 is 0 Å². The van der Waals surface area contributed by atoms with Crippen LogP contribution in [0, 0.1) is 0 Å². The van der Waals surface area contributed by atoms with Crippen LogP contribution in [0.25, 0.3) is 0 Å². The lowest BCUT2D eigenvalue weighted by Crippen LogP contribution is -2.46. The zero-order valence-electron chi connectivity index (χ0n) is 10.1. The summed E-state index contributed by atoms with van der Waals surface area (Å²) in [5, 5.41) is 12.9. The largest absolute Gasteiger partial charge is 0.394 e. The third-order valence-electron chi connectivity index (χ3n) is 2.95. The molecule has 15 heavy (non-hydrogen) atoms. The molecule has 0 amide bonds. The second kappa shape index (κ2) is 6.46. The fourth-order valence-electron chi connectivity index (χ4n) is 1.78. The molecule has 0 saturated heterocycles. The third kappa shape index (κ3) is 5.50. The van der Waals surface area contributed by atoms with E-state index in [-0.39, 0.29) is 12.1 Å². The first-order valence-electron chi connectivity index (χ1n) is 6.16. The highest BCUT2D eigenvalue weighted by Crippen LogP contribution is 2.24. The molecule has 0 radical (unpaired) electrons. The number of unbranched alkanes of at least 4 members (excludes halogenated alkanes) is 1. The normalized spacial score (nSPS) is 20.2. The second-order valence-corrected chi connectivity index (χ2v) is 4.79. The Labute approximate surface area is 93.2 Å². The number of hydrogen-bond donors (Lipinski definition) is 2. The van der Waals surface area contributed by atoms with Gasteiger partial charge in [-0.1, -0.05) is 0 Å². The maximum absolute atomic E-state index is 9.37. The molecule has 3 nitrogen and oxygen atoms in total. The average Bonchev–Trinajstić information content (AvgIpc) is 3.01. The molecule has 3 heteroatoms. The minimum Gasteiger partial charge on any atom is -0.394 e. The van der Waals surface area contributed by atoms with Crippen molar-refractivity contribution in [2.45, 2.75) is 57.5 Å². The molecule has 1 unspecified atom stereocenters. The lowest BCUT2D eigenvalue weighted by molar-refractivity contribution is 0.131. The van der Waals surface area contributed by atoms with Crippen LogP contribution in [0.5, 0.6) is 0 Å². The molecule has 1 aliphatic rings. The van der Waals surface area contributed by atoms with Crippen LogP contribution in [0.3, 0.4) is 0 Å². The van der Waals surface area contributed by atoms with Crippen LogP contribution in [-0.4, -0.2) is 36.5 Å². The summed E-state index contributed by atoms with van der Waals surface area (Å²) in [6, 6.07) is 0.661. The van der Waals surface area contributed by atoms with Crippen LogP contribution in [0.1, 0.15) is 46.0 Å². The molecular weight excluding hydrogens is 190 g/mol. The lowest BCUT2D eigenvalue weighted by Gasteiger charge is -2.29. The summed E-state index contributed by atoms with van der Waals surface area (Å²) in [7, 11) is 0. The maximum atomic E-state index is 9.37. The highest BCUT2D eigenvalue weighted by Gasteiger charge is 2.31. The van der Waals surface area contributed by atoms with Gasteiger partial charge in [-0.05, 0) is 46.0 Å². The Kier molecular flexibility index (Phi) is 5.58. The van der Waals surface area contributed by atoms with Gasteiger partial charge in [-0.25, -0.2) is 0 Å². The van der Waals surface area contributed by atoms with Crippen LogP contribution >= 0.6 is 0 Å². The summed E-state index contributed by atoms with van der Waals surface area (Å²) in [6.07, 6.45) is 5.79. The van der Waals surface area contributed by atoms with Gasteiger partial charge in [-0.3, -0.25) is 0 Å². The highest BCUT2D eigenvalue weighted by atomic mass is 16.5. The summed E-state index contributed by atoms with van der Waals surface area (Å²) in [4.78, 5) is 0. The quantitative estimate of drug-likeness (QED) is 0.575. The first-order chi connectivity index (χ1) is 7.20. The van der Waals surface area contributed by atoms with Gasteiger partial charge in [0.15, 0.2) is 0 Å². The molecule has 1 rings (SSSR count). The summed E-state index contributed by atoms with van der Waals surface area (Å²) >= 11 is 0. The van der Waals surface area contributed by atoms with Crippen molar-refractivity contribution in [2.75, 3.05) is 19.8 Å². The molecule has 1 saturated carbocycles. The topological polar surface area (TPSA) is 41.5 Å². The number of ether oxygens (including phenoxy) is 1. The van der Waals surface area contributed by atoms with Crippen LogP contribution in [0.2, 0.25) is 0 Å². The van der Waals surface area contributed by atoms with Crippen LogP contribution in [0.4, 0.5) is 0 Å². The fraction of sp³-hybridized carbons (Fsp3) is 1.00. The predicted molar refractivity (Wildman–Crippen MR) is 62.0 cm³/mol. The molecule has 0 heterocycles. The number of rotatable bonds is 9. The number of aliphatic hydroxyl groups is 1. The van der Waals surface area contributed by atoms with Crippen molar-refractivity contribution in [2.24, 2.45) is 0 Å². The van der Waals surface area contributed by atoms with E-state index in [0.717, 1.165) is 32.5 Å². The molecule has 0 bridgehead atoms. The first kappa shape index (κ1) is 12.9. The first-order valence-corrected chi connectivity index (χ1v) is 6.16. The van der Waals surface area contributed by atoms with E-state index in [4.69, 9.17) is 4.74 Å². The van der Waals surface area contributed by atoms with Gasteiger partial charge in [0.25, 0.3) is 0 Å². The average molecular weight is 215 g/mol. The predicted octanol–water partition coefficient (Wildman–Crippen LogP) is 1.70. The molecule has 1 atom stereocenters. The molecule has 90 valence electrons. The van der Waals surface area contributed by atoms with Crippen molar-refractivity contribution in [3.63, 3.8) is 0 Å². The molecule has 0 spiro atoms. The van der Waals surface area contributed by atoms with Gasteiger partial charge in [0.1, 0.15) is 0 Å². The van der Waals surface area contributed by atoms with Gasteiger partial charge in [-0.2, -0.15) is 0 Å². The monoisotopic (exact) mass is 215 g/mol. The van der Waals surface area contributed by atoms with E-state index in [1.165, 1.54) is 12.8 Å². The van der Waals surface area contributed by atoms with Crippen LogP contribution in [0.15, 0.2) is 0 Å². The fourth-order valence-corrected chi connectivity index (χ4v) is 1.78. The number of nitrogens with one attached hydrogen (secondary N) is 1. The van der Waals surface area contributed by atoms with Gasteiger partial charge < -0.3 is 15.2 Å². The van der Waals surface area contributed by atoms with Gasteiger partial charge >= 0.3 is 0 Å². The Balaban J connectivity index is 2.08. The SMILES string of the molecule is CCOCCCCC(C)(CO)NC1CC1. The van der Waals surface area contributed by atoms with E-state index in [2.05, 4.69) is 12.2 Å². The third-order valence-corrected chi connectivity index (χ3v) is 2.95. The zero-order chi connectivity index (χ0) is 11.1. The minimum absolute atomic E-state index is 0.0760. The van der Waals surface area contributed by atoms with E-state index in [1.54, 1.807) is 0 Å². The molecule has 0 aromatic carbocycles. The molecule has 2 N–H and O–H groups in total. The Morgan fingerprint density at radius 3 is 2.67 bits per heavy atom. The number of aliphatic hydroxyl groups excluding tert-OH is 1. The summed E-state index contributed by atoms with van der Waals surface area (Å²) < 4.78 is 5.29. The zero-order valence-corrected chi connectivity index (χ0v) is 10.1. The van der Waals surface area contributed by atoms with E-state index in [0.29, 0.717) is 6.04 Å². The molecule has 1 aliphatic carbocycles. The highest BCUT2D eigenvalue weighted by molar-refractivity contribution is 4.92. The molecule has 1 fully saturated rings. The smallest absolute Gasteiger partial charge is 0.0610 e. The van der Waals surface area contributed by atoms with Crippen LogP contribution in [-0.2, 0) is 4.74 Å². The van der Waals surface area contributed by atoms with Crippen LogP contribution < -0.4 is 5.32 Å². The Hall–Kier alpha value is -0.120. The van der Waals surface area contributed by atoms with E-state index in [9.17, 15) is 5.11 Å². The molecule has 0 aromatic rings. The summed E-state index contributed by atoms with van der Waals surface area (Å²) in [6.45, 7) is 6.02. The number of hydrogen-bond acceptors (Lipinski definition) is 3. The molecule has 0 aromatic heterocycles. The van der Waals surface area contributed by atoms with E-state index < -0.39 is 0 Å². The van der Waals surface area contributed by atoms with Crippen molar-refractivity contribution in [3.05, 3.63) is 0 Å². The van der Waals surface area contributed by atoms with Gasteiger partial charge in [0.05, 0.1) is 6.61 Å². The standard InChI is InChI=1S/C12H25NO2/c1-3-15-9-5-4-8-12(2,10-14)13-11-6-7-11/h11,13-14H,3-10H2,1-2H3. The van der Waals surface area contributed by atoms with Gasteiger partial charge in [0, 0.05) is 24.8 Å². The Morgan fingerprint density at radius 1 is 1.40 bits per heavy atom. The second-order valence-electron chi connectivity index (χ2n) is 4.79. The lowest BCUT2D eigenvalue weighted by atomic mass is 9.95. The van der Waals surface area contributed by atoms with Crippen molar-refractivity contribution in [1.29, 1.82) is 0 Å². The van der Waals surface area contributed by atoms with E-state index >= 15 is 0 Å². The van der Waals surface area contributed by atoms with E-state index in [1.807, 2.05) is 6.92 Å². The van der Waals surface area contributed by atoms with Crippen molar-refractivity contribution < 1.29 is 9.84 Å². The Bertz CT molecular complexity index is 171. The van der Waals surface area contributed by atoms with Gasteiger partial charge in [-0.15, -0.1) is 0 Å². The summed E-state index contributed by atoms with van der Waals surface area (Å²) in [5.41, 5.74) is -0.0760. The van der Waals surface area contributed by atoms with Crippen molar-refractivity contribution in [1.82, 2.24) is 5.32 Å².